The summed E-state index contributed by atoms with van der Waals surface area (Å²) in [4.78, 5) is 2.48. The molecule has 4 aliphatic carbocycles. The van der Waals surface area contributed by atoms with E-state index in [1.165, 1.54) is 19.3 Å². The normalized spacial score (nSPS) is 35.8. The molecule has 0 N–H and O–H groups in total. The maximum Gasteiger partial charge on any atom is 0.0829 e. The van der Waals surface area contributed by atoms with Gasteiger partial charge in [-0.25, -0.2) is 0 Å². The van der Waals surface area contributed by atoms with Crippen molar-refractivity contribution in [2.24, 2.45) is 10.8 Å². The van der Waals surface area contributed by atoms with Gasteiger partial charge in [-0.05, 0) is 97.3 Å². The zero-order chi connectivity index (χ0) is 22.3. The van der Waals surface area contributed by atoms with Crippen LogP contribution < -0.4 is 0 Å². The molecule has 0 atom stereocenters. The van der Waals surface area contributed by atoms with Crippen molar-refractivity contribution in [2.45, 2.75) is 116 Å². The third kappa shape index (κ3) is 6.03. The lowest BCUT2D eigenvalue weighted by Gasteiger charge is -2.70. The van der Waals surface area contributed by atoms with E-state index in [0.29, 0.717) is 29.1 Å². The molecule has 31 heavy (non-hydrogen) atoms. The van der Waals surface area contributed by atoms with E-state index in [4.69, 9.17) is 18.9 Å². The first-order valence-corrected chi connectivity index (χ1v) is 12.7. The quantitative estimate of drug-likeness (QED) is 0.410. The van der Waals surface area contributed by atoms with Crippen molar-refractivity contribution >= 4 is 0 Å². The largest absolute Gasteiger partial charge is 0.381 e. The van der Waals surface area contributed by atoms with E-state index in [2.05, 4.69) is 46.4 Å². The highest BCUT2D eigenvalue weighted by molar-refractivity contribution is 5.17. The molecule has 180 valence electrons. The average Bonchev–Trinajstić information content (AvgIpc) is 2.49. The Morgan fingerprint density at radius 1 is 0.742 bits per heavy atom. The van der Waals surface area contributed by atoms with Gasteiger partial charge in [-0.15, -0.1) is 0 Å². The second-order valence-electron chi connectivity index (χ2n) is 13.1. The summed E-state index contributed by atoms with van der Waals surface area (Å²) in [5.74, 6) is 0. The van der Waals surface area contributed by atoms with E-state index < -0.39 is 0 Å². The van der Waals surface area contributed by atoms with E-state index >= 15 is 0 Å². The van der Waals surface area contributed by atoms with Crippen LogP contribution in [0.25, 0.3) is 0 Å². The van der Waals surface area contributed by atoms with E-state index in [1.807, 2.05) is 0 Å². The van der Waals surface area contributed by atoms with E-state index in [-0.39, 0.29) is 11.1 Å². The molecular weight excluding hydrogens is 390 g/mol. The van der Waals surface area contributed by atoms with Gasteiger partial charge in [-0.3, -0.25) is 4.90 Å². The lowest BCUT2D eigenvalue weighted by molar-refractivity contribution is -0.266. The molecule has 5 aliphatic rings. The first-order chi connectivity index (χ1) is 14.5. The Hall–Kier alpha value is -0.200. The number of nitrogens with zero attached hydrogens (tertiary/aromatic N) is 1. The molecule has 0 spiro atoms. The molecular formula is C26H47NO4. The number of unbranched alkanes of at least 4 members (excludes halogenated alkanes) is 1. The zero-order valence-electron chi connectivity index (χ0n) is 21.0. The van der Waals surface area contributed by atoms with Crippen LogP contribution in [0.4, 0.5) is 0 Å². The van der Waals surface area contributed by atoms with Crippen molar-refractivity contribution < 1.29 is 18.9 Å². The SMILES string of the molecule is CC(C)(C)OC1CC(OCC23CC(COCCCCOC4CN(C(C)(C)C)C4)(C2)C3)C1. The van der Waals surface area contributed by atoms with Crippen LogP contribution >= 0.6 is 0 Å². The predicted octanol–water partition coefficient (Wildman–Crippen LogP) is 4.82. The molecule has 0 unspecified atom stereocenters. The number of hydrogen-bond donors (Lipinski definition) is 0. The van der Waals surface area contributed by atoms with Gasteiger partial charge in [-0.1, -0.05) is 0 Å². The highest BCUT2D eigenvalue weighted by Crippen LogP contribution is 2.73. The molecule has 1 heterocycles. The highest BCUT2D eigenvalue weighted by atomic mass is 16.5. The Balaban J connectivity index is 0.953. The van der Waals surface area contributed by atoms with Crippen molar-refractivity contribution in [3.05, 3.63) is 0 Å². The fourth-order valence-electron chi connectivity index (χ4n) is 6.02. The van der Waals surface area contributed by atoms with Crippen molar-refractivity contribution in [3.63, 3.8) is 0 Å². The molecule has 5 nitrogen and oxygen atoms in total. The van der Waals surface area contributed by atoms with Crippen LogP contribution in [0, 0.1) is 10.8 Å². The van der Waals surface area contributed by atoms with Crippen LogP contribution in [-0.2, 0) is 18.9 Å². The number of likely N-dealkylation sites (tertiary alicyclic amines) is 1. The molecule has 0 radical (unpaired) electrons. The summed E-state index contributed by atoms with van der Waals surface area (Å²) in [5.41, 5.74) is 1.21. The molecule has 5 fully saturated rings. The number of rotatable bonds is 12. The van der Waals surface area contributed by atoms with Gasteiger partial charge in [0.25, 0.3) is 0 Å². The maximum atomic E-state index is 6.20. The summed E-state index contributed by atoms with van der Waals surface area (Å²) < 4.78 is 24.2. The summed E-state index contributed by atoms with van der Waals surface area (Å²) in [7, 11) is 0. The van der Waals surface area contributed by atoms with Gasteiger partial charge in [0.2, 0.25) is 0 Å². The molecule has 2 bridgehead atoms. The highest BCUT2D eigenvalue weighted by Gasteiger charge is 2.67. The first-order valence-electron chi connectivity index (χ1n) is 12.7. The molecule has 0 aromatic rings. The van der Waals surface area contributed by atoms with Gasteiger partial charge in [-0.2, -0.15) is 0 Å². The summed E-state index contributed by atoms with van der Waals surface area (Å²) >= 11 is 0. The summed E-state index contributed by atoms with van der Waals surface area (Å²) in [5, 5.41) is 0. The van der Waals surface area contributed by atoms with Gasteiger partial charge >= 0.3 is 0 Å². The van der Waals surface area contributed by atoms with Crippen molar-refractivity contribution in [1.29, 1.82) is 0 Å². The lowest BCUT2D eigenvalue weighted by atomic mass is 9.35. The second kappa shape index (κ2) is 8.87. The van der Waals surface area contributed by atoms with Gasteiger partial charge < -0.3 is 18.9 Å². The maximum absolute atomic E-state index is 6.20. The monoisotopic (exact) mass is 437 g/mol. The van der Waals surface area contributed by atoms with Gasteiger partial charge in [0.1, 0.15) is 0 Å². The molecule has 1 saturated heterocycles. The molecule has 5 rings (SSSR count). The molecule has 5 heteroatoms. The minimum atomic E-state index is -0.0342. The molecule has 1 aliphatic heterocycles. The second-order valence-corrected chi connectivity index (χ2v) is 13.1. The Morgan fingerprint density at radius 2 is 1.35 bits per heavy atom. The first kappa shape index (κ1) is 23.9. The molecule has 0 aromatic carbocycles. The van der Waals surface area contributed by atoms with Crippen molar-refractivity contribution in [1.82, 2.24) is 4.90 Å². The molecule has 0 amide bonds. The van der Waals surface area contributed by atoms with Crippen LogP contribution in [0.15, 0.2) is 0 Å². The Kier molecular flexibility index (Phi) is 6.85. The van der Waals surface area contributed by atoms with Gasteiger partial charge in [0, 0.05) is 31.8 Å². The predicted molar refractivity (Wildman–Crippen MR) is 123 cm³/mol. The Bertz CT molecular complexity index is 576. The summed E-state index contributed by atoms with van der Waals surface area (Å²) in [6.45, 7) is 19.0. The van der Waals surface area contributed by atoms with E-state index in [0.717, 1.165) is 65.2 Å². The summed E-state index contributed by atoms with van der Waals surface area (Å²) in [6.07, 6.45) is 9.55. The Morgan fingerprint density at radius 3 is 1.97 bits per heavy atom. The smallest absolute Gasteiger partial charge is 0.0829 e. The number of ether oxygens (including phenoxy) is 4. The third-order valence-electron chi connectivity index (χ3n) is 7.69. The standard InChI is InChI=1S/C26H47NO4/c1-23(2,3)27-13-22(14-27)29-10-8-7-9-28-18-25-15-26(16-25,17-25)19-30-20-11-21(12-20)31-24(4,5)6/h20-22H,7-19H2,1-6H3. The summed E-state index contributed by atoms with van der Waals surface area (Å²) in [6, 6.07) is 0. The van der Waals surface area contributed by atoms with Crippen molar-refractivity contribution in [2.75, 3.05) is 39.5 Å². The average molecular weight is 438 g/mol. The molecule has 0 aromatic heterocycles. The zero-order valence-corrected chi connectivity index (χ0v) is 21.0. The third-order valence-corrected chi connectivity index (χ3v) is 7.69. The number of hydrogen-bond acceptors (Lipinski definition) is 5. The van der Waals surface area contributed by atoms with Crippen LogP contribution in [0.5, 0.6) is 0 Å². The van der Waals surface area contributed by atoms with Crippen molar-refractivity contribution in [3.8, 4) is 0 Å². The minimum Gasteiger partial charge on any atom is -0.381 e. The van der Waals surface area contributed by atoms with Crippen LogP contribution in [0.3, 0.4) is 0 Å². The fourth-order valence-corrected chi connectivity index (χ4v) is 6.02. The molecule has 4 saturated carbocycles. The van der Waals surface area contributed by atoms with Gasteiger partial charge in [0.05, 0.1) is 37.1 Å². The lowest BCUT2D eigenvalue weighted by Crippen LogP contribution is -2.66. The topological polar surface area (TPSA) is 40.2 Å². The van der Waals surface area contributed by atoms with Crippen LogP contribution in [0.1, 0.15) is 86.5 Å². The van der Waals surface area contributed by atoms with E-state index in [9.17, 15) is 0 Å². The van der Waals surface area contributed by atoms with Crippen LogP contribution in [-0.4, -0.2) is 73.9 Å². The minimum absolute atomic E-state index is 0.0342. The fraction of sp³-hybridized carbons (Fsp3) is 1.00. The van der Waals surface area contributed by atoms with Gasteiger partial charge in [0.15, 0.2) is 0 Å². The van der Waals surface area contributed by atoms with Crippen LogP contribution in [0.2, 0.25) is 0 Å². The Labute approximate surface area is 190 Å². The van der Waals surface area contributed by atoms with E-state index in [1.54, 1.807) is 0 Å².